The molecule has 1 aliphatic rings. The van der Waals surface area contributed by atoms with Crippen LogP contribution in [0.2, 0.25) is 0 Å². The molecule has 152 valence electrons. The number of hydrogen-bond acceptors (Lipinski definition) is 6. The van der Waals surface area contributed by atoms with Crippen molar-refractivity contribution in [3.05, 3.63) is 53.9 Å². The first-order valence-corrected chi connectivity index (χ1v) is 10.2. The van der Waals surface area contributed by atoms with Crippen molar-refractivity contribution in [2.75, 3.05) is 25.6 Å². The van der Waals surface area contributed by atoms with Crippen LogP contribution in [0.1, 0.15) is 36.9 Å². The molecule has 0 saturated heterocycles. The Morgan fingerprint density at radius 1 is 1.17 bits per heavy atom. The highest BCUT2D eigenvalue weighted by Gasteiger charge is 2.24. The second kappa shape index (κ2) is 8.91. The van der Waals surface area contributed by atoms with Crippen molar-refractivity contribution in [1.29, 1.82) is 0 Å². The van der Waals surface area contributed by atoms with Crippen molar-refractivity contribution in [3.63, 3.8) is 0 Å². The first kappa shape index (κ1) is 19.8. The minimum absolute atomic E-state index is 0.100. The summed E-state index contributed by atoms with van der Waals surface area (Å²) in [5, 5.41) is 0. The normalized spacial score (nSPS) is 15.7. The molecule has 1 aliphatic carbocycles. The minimum atomic E-state index is 0.100. The van der Waals surface area contributed by atoms with E-state index in [1.54, 1.807) is 6.20 Å². The molecular formula is C24H24N4O2. The van der Waals surface area contributed by atoms with E-state index in [-0.39, 0.29) is 5.92 Å². The Morgan fingerprint density at radius 3 is 2.87 bits per heavy atom. The van der Waals surface area contributed by atoms with E-state index in [1.807, 2.05) is 55.4 Å². The minimum Gasteiger partial charge on any atom is -0.476 e. The fourth-order valence-corrected chi connectivity index (χ4v) is 3.54. The van der Waals surface area contributed by atoms with Crippen molar-refractivity contribution in [1.82, 2.24) is 15.0 Å². The fourth-order valence-electron chi connectivity index (χ4n) is 3.54. The largest absolute Gasteiger partial charge is 0.476 e. The number of Topliss-reactive ketones (excluding diaryl/α,β-unsaturated/α-hetero) is 1. The van der Waals surface area contributed by atoms with E-state index in [4.69, 9.17) is 4.74 Å². The molecule has 1 saturated carbocycles. The number of carbonyl (C=O) groups is 1. The molecular weight excluding hydrogens is 376 g/mol. The highest BCUT2D eigenvalue weighted by molar-refractivity contribution is 5.82. The van der Waals surface area contributed by atoms with E-state index in [9.17, 15) is 4.79 Å². The number of benzene rings is 1. The second-order valence-corrected chi connectivity index (χ2v) is 7.61. The van der Waals surface area contributed by atoms with Crippen molar-refractivity contribution in [3.8, 4) is 17.7 Å². The molecule has 1 fully saturated rings. The Labute approximate surface area is 176 Å². The smallest absolute Gasteiger partial charge is 0.249 e. The molecule has 2 aromatic heterocycles. The zero-order valence-electron chi connectivity index (χ0n) is 17.3. The van der Waals surface area contributed by atoms with E-state index in [2.05, 4.69) is 26.8 Å². The molecule has 0 N–H and O–H groups in total. The van der Waals surface area contributed by atoms with Crippen LogP contribution in [0, 0.1) is 17.8 Å². The van der Waals surface area contributed by atoms with Crippen LogP contribution < -0.4 is 9.64 Å². The summed E-state index contributed by atoms with van der Waals surface area (Å²) in [4.78, 5) is 27.3. The number of pyridine rings is 1. The maximum absolute atomic E-state index is 11.9. The van der Waals surface area contributed by atoms with Crippen molar-refractivity contribution >= 4 is 22.6 Å². The van der Waals surface area contributed by atoms with Gasteiger partial charge in [0, 0.05) is 43.9 Å². The average molecular weight is 400 g/mol. The molecule has 0 bridgehead atoms. The van der Waals surface area contributed by atoms with Crippen LogP contribution in [0.4, 0.5) is 5.69 Å². The lowest BCUT2D eigenvalue weighted by Crippen LogP contribution is -2.12. The highest BCUT2D eigenvalue weighted by Crippen LogP contribution is 2.25. The summed E-state index contributed by atoms with van der Waals surface area (Å²) in [5.41, 5.74) is 3.60. The molecule has 0 aliphatic heterocycles. The average Bonchev–Trinajstić information content (AvgIpc) is 3.17. The molecule has 2 heterocycles. The van der Waals surface area contributed by atoms with Gasteiger partial charge in [0.2, 0.25) is 5.88 Å². The first-order chi connectivity index (χ1) is 14.6. The molecule has 6 nitrogen and oxygen atoms in total. The molecule has 0 amide bonds. The number of rotatable bonds is 5. The van der Waals surface area contributed by atoms with Gasteiger partial charge >= 0.3 is 0 Å². The van der Waals surface area contributed by atoms with Crippen LogP contribution in [0.25, 0.3) is 11.2 Å². The predicted molar refractivity (Wildman–Crippen MR) is 117 cm³/mol. The van der Waals surface area contributed by atoms with Crippen molar-refractivity contribution in [2.45, 2.75) is 25.7 Å². The number of fused-ring (bicyclic) bond motifs is 1. The highest BCUT2D eigenvalue weighted by atomic mass is 16.5. The van der Waals surface area contributed by atoms with Crippen molar-refractivity contribution in [2.24, 2.45) is 5.92 Å². The van der Waals surface area contributed by atoms with Gasteiger partial charge in [0.05, 0.1) is 6.61 Å². The van der Waals surface area contributed by atoms with Gasteiger partial charge in [-0.2, -0.15) is 0 Å². The summed E-state index contributed by atoms with van der Waals surface area (Å²) < 4.78 is 5.94. The molecule has 3 aromatic rings. The summed E-state index contributed by atoms with van der Waals surface area (Å²) in [7, 11) is 3.99. The van der Waals surface area contributed by atoms with Crippen LogP contribution in [0.5, 0.6) is 5.88 Å². The van der Waals surface area contributed by atoms with Gasteiger partial charge in [-0.05, 0) is 55.5 Å². The summed E-state index contributed by atoms with van der Waals surface area (Å²) in [5.74, 6) is 7.09. The standard InChI is InChI=1S/C24H24N4O2/c1-28(2)19-8-3-6-17(16-19)11-12-21-24(27-20-9-5-14-25-23(20)26-21)30-15-13-18-7-4-10-22(18)29/h3,5-6,8-9,14,16,18H,4,7,10,13,15H2,1-2H3. The third-order valence-electron chi connectivity index (χ3n) is 5.23. The molecule has 1 aromatic carbocycles. The van der Waals surface area contributed by atoms with Gasteiger partial charge in [-0.25, -0.2) is 15.0 Å². The monoisotopic (exact) mass is 400 g/mol. The van der Waals surface area contributed by atoms with Gasteiger partial charge < -0.3 is 9.64 Å². The number of ether oxygens (including phenoxy) is 1. The SMILES string of the molecule is CN(C)c1cccc(C#Cc2nc3ncccc3nc2OCCC2CCCC2=O)c1. The molecule has 6 heteroatoms. The predicted octanol–water partition coefficient (Wildman–Crippen LogP) is 3.63. The summed E-state index contributed by atoms with van der Waals surface area (Å²) in [6, 6.07) is 11.6. The van der Waals surface area contributed by atoms with Crippen LogP contribution >= 0.6 is 0 Å². The summed E-state index contributed by atoms with van der Waals surface area (Å²) in [6.45, 7) is 0.418. The van der Waals surface area contributed by atoms with Gasteiger partial charge in [0.25, 0.3) is 0 Å². The maximum atomic E-state index is 11.9. The third-order valence-corrected chi connectivity index (χ3v) is 5.23. The Hall–Kier alpha value is -3.46. The molecule has 1 unspecified atom stereocenters. The van der Waals surface area contributed by atoms with E-state index in [0.717, 1.165) is 24.1 Å². The zero-order chi connectivity index (χ0) is 20.9. The van der Waals surface area contributed by atoms with Gasteiger partial charge in [-0.1, -0.05) is 12.0 Å². The van der Waals surface area contributed by atoms with Gasteiger partial charge in [-0.3, -0.25) is 4.79 Å². The number of ketones is 1. The number of anilines is 1. The van der Waals surface area contributed by atoms with Crippen LogP contribution in [-0.4, -0.2) is 41.4 Å². The molecule has 30 heavy (non-hydrogen) atoms. The van der Waals surface area contributed by atoms with Crippen molar-refractivity contribution < 1.29 is 9.53 Å². The van der Waals surface area contributed by atoms with Crippen LogP contribution in [0.3, 0.4) is 0 Å². The number of aromatic nitrogens is 3. The van der Waals surface area contributed by atoms with E-state index < -0.39 is 0 Å². The van der Waals surface area contributed by atoms with Gasteiger partial charge in [-0.15, -0.1) is 0 Å². The topological polar surface area (TPSA) is 68.2 Å². The molecule has 1 atom stereocenters. The molecule has 0 spiro atoms. The first-order valence-electron chi connectivity index (χ1n) is 10.2. The van der Waals surface area contributed by atoms with E-state index in [1.165, 1.54) is 0 Å². The Balaban J connectivity index is 1.60. The lowest BCUT2D eigenvalue weighted by molar-refractivity contribution is -0.121. The fraction of sp³-hybridized carbons (Fsp3) is 0.333. The lowest BCUT2D eigenvalue weighted by atomic mass is 10.0. The zero-order valence-corrected chi connectivity index (χ0v) is 17.3. The number of nitrogens with zero attached hydrogens (tertiary/aromatic N) is 4. The Kier molecular flexibility index (Phi) is 5.89. The van der Waals surface area contributed by atoms with E-state index in [0.29, 0.717) is 48.0 Å². The van der Waals surface area contributed by atoms with Gasteiger partial charge in [0.1, 0.15) is 11.3 Å². The van der Waals surface area contributed by atoms with E-state index >= 15 is 0 Å². The third kappa shape index (κ3) is 4.57. The second-order valence-electron chi connectivity index (χ2n) is 7.61. The maximum Gasteiger partial charge on any atom is 0.249 e. The van der Waals surface area contributed by atoms with Crippen LogP contribution in [0.15, 0.2) is 42.6 Å². The summed E-state index contributed by atoms with van der Waals surface area (Å²) >= 11 is 0. The lowest BCUT2D eigenvalue weighted by Gasteiger charge is -2.12. The summed E-state index contributed by atoms with van der Waals surface area (Å²) in [6.07, 6.45) is 5.00. The molecule has 4 rings (SSSR count). The van der Waals surface area contributed by atoms with Crippen LogP contribution in [-0.2, 0) is 4.79 Å². The Bertz CT molecular complexity index is 1130. The van der Waals surface area contributed by atoms with Gasteiger partial charge in [0.15, 0.2) is 11.3 Å². The number of hydrogen-bond donors (Lipinski definition) is 0. The quantitative estimate of drug-likeness (QED) is 0.609. The Morgan fingerprint density at radius 2 is 2.07 bits per heavy atom. The molecule has 0 radical (unpaired) electrons. The number of carbonyl (C=O) groups excluding carboxylic acids is 1.